The molecule has 0 bridgehead atoms. The Balaban J connectivity index is 2.43. The molecule has 3 nitrogen and oxygen atoms in total. The predicted octanol–water partition coefficient (Wildman–Crippen LogP) is 2.46. The monoisotopic (exact) mass is 253 g/mol. The summed E-state index contributed by atoms with van der Waals surface area (Å²) in [7, 11) is 3.85. The highest BCUT2D eigenvalue weighted by molar-refractivity contribution is 6.32. The van der Waals surface area contributed by atoms with Crippen molar-refractivity contribution in [3.8, 4) is 0 Å². The van der Waals surface area contributed by atoms with Crippen molar-refractivity contribution in [2.75, 3.05) is 27.2 Å². The SMILES string of the molecule is CN(C)CCOC(=O)/C=C/c1ccccc1Cl. The number of ether oxygens (including phenoxy) is 1. The van der Waals surface area contributed by atoms with E-state index in [4.69, 9.17) is 16.3 Å². The Kier molecular flexibility index (Phi) is 5.73. The van der Waals surface area contributed by atoms with Gasteiger partial charge in [0.25, 0.3) is 0 Å². The number of likely N-dealkylation sites (N-methyl/N-ethyl adjacent to an activating group) is 1. The number of esters is 1. The van der Waals surface area contributed by atoms with Crippen molar-refractivity contribution < 1.29 is 9.53 Å². The van der Waals surface area contributed by atoms with Gasteiger partial charge in [0.2, 0.25) is 0 Å². The first kappa shape index (κ1) is 13.7. The van der Waals surface area contributed by atoms with E-state index in [1.165, 1.54) is 6.08 Å². The van der Waals surface area contributed by atoms with E-state index in [1.54, 1.807) is 12.1 Å². The highest BCUT2D eigenvalue weighted by Gasteiger charge is 1.99. The number of benzene rings is 1. The predicted molar refractivity (Wildman–Crippen MR) is 70.0 cm³/mol. The largest absolute Gasteiger partial charge is 0.461 e. The first-order valence-electron chi connectivity index (χ1n) is 5.33. The maximum Gasteiger partial charge on any atom is 0.330 e. The first-order chi connectivity index (χ1) is 8.09. The van der Waals surface area contributed by atoms with E-state index in [1.807, 2.05) is 37.2 Å². The molecular formula is C13H16ClNO2. The maximum absolute atomic E-state index is 11.3. The topological polar surface area (TPSA) is 29.5 Å². The molecule has 0 saturated heterocycles. The molecule has 0 saturated carbocycles. The van der Waals surface area contributed by atoms with Crippen LogP contribution in [0.5, 0.6) is 0 Å². The Morgan fingerprint density at radius 2 is 2.12 bits per heavy atom. The summed E-state index contributed by atoms with van der Waals surface area (Å²) < 4.78 is 5.00. The zero-order chi connectivity index (χ0) is 12.7. The van der Waals surface area contributed by atoms with E-state index < -0.39 is 0 Å². The van der Waals surface area contributed by atoms with E-state index in [-0.39, 0.29) is 5.97 Å². The molecule has 17 heavy (non-hydrogen) atoms. The van der Waals surface area contributed by atoms with E-state index >= 15 is 0 Å². The summed E-state index contributed by atoms with van der Waals surface area (Å²) in [6.45, 7) is 1.10. The van der Waals surface area contributed by atoms with Gasteiger partial charge in [-0.25, -0.2) is 4.79 Å². The van der Waals surface area contributed by atoms with E-state index in [0.29, 0.717) is 18.2 Å². The van der Waals surface area contributed by atoms with Crippen LogP contribution in [0.15, 0.2) is 30.3 Å². The zero-order valence-electron chi connectivity index (χ0n) is 10.0. The van der Waals surface area contributed by atoms with Crippen molar-refractivity contribution in [1.29, 1.82) is 0 Å². The minimum Gasteiger partial charge on any atom is -0.461 e. The van der Waals surface area contributed by atoms with Gasteiger partial charge in [0, 0.05) is 17.6 Å². The Hall–Kier alpha value is -1.32. The lowest BCUT2D eigenvalue weighted by molar-refractivity contribution is -0.137. The second-order valence-electron chi connectivity index (χ2n) is 3.83. The number of rotatable bonds is 5. The van der Waals surface area contributed by atoms with E-state index in [9.17, 15) is 4.79 Å². The maximum atomic E-state index is 11.3. The number of halogens is 1. The van der Waals surface area contributed by atoms with Crippen LogP contribution in [0, 0.1) is 0 Å². The quantitative estimate of drug-likeness (QED) is 0.596. The molecule has 0 aromatic heterocycles. The van der Waals surface area contributed by atoms with Gasteiger partial charge < -0.3 is 9.64 Å². The number of hydrogen-bond donors (Lipinski definition) is 0. The summed E-state index contributed by atoms with van der Waals surface area (Å²) in [5.41, 5.74) is 0.804. The number of carbonyl (C=O) groups excluding carboxylic acids is 1. The molecule has 0 aliphatic carbocycles. The summed E-state index contributed by atoms with van der Waals surface area (Å²) in [6, 6.07) is 7.32. The van der Waals surface area contributed by atoms with Crippen molar-refractivity contribution >= 4 is 23.6 Å². The fourth-order valence-electron chi connectivity index (χ4n) is 1.15. The molecule has 0 radical (unpaired) electrons. The molecule has 0 heterocycles. The van der Waals surface area contributed by atoms with Crippen molar-refractivity contribution in [3.05, 3.63) is 40.9 Å². The average molecular weight is 254 g/mol. The highest BCUT2D eigenvalue weighted by Crippen LogP contribution is 2.16. The van der Waals surface area contributed by atoms with Crippen LogP contribution >= 0.6 is 11.6 Å². The summed E-state index contributed by atoms with van der Waals surface area (Å²) >= 11 is 5.94. The van der Waals surface area contributed by atoms with Gasteiger partial charge in [0.1, 0.15) is 6.61 Å². The average Bonchev–Trinajstić information content (AvgIpc) is 2.27. The molecule has 1 aromatic carbocycles. The molecule has 0 unspecified atom stereocenters. The standard InChI is InChI=1S/C13H16ClNO2/c1-15(2)9-10-17-13(16)8-7-11-5-3-4-6-12(11)14/h3-8H,9-10H2,1-2H3/b8-7+. The minimum atomic E-state index is -0.355. The normalized spacial score (nSPS) is 11.1. The van der Waals surface area contributed by atoms with Crippen molar-refractivity contribution in [1.82, 2.24) is 4.90 Å². The van der Waals surface area contributed by atoms with E-state index in [2.05, 4.69) is 0 Å². The van der Waals surface area contributed by atoms with Crippen LogP contribution in [-0.2, 0) is 9.53 Å². The molecule has 0 fully saturated rings. The Morgan fingerprint density at radius 1 is 1.41 bits per heavy atom. The van der Waals surface area contributed by atoms with Crippen LogP contribution < -0.4 is 0 Å². The first-order valence-corrected chi connectivity index (χ1v) is 5.71. The van der Waals surface area contributed by atoms with Crippen LogP contribution in [0.25, 0.3) is 6.08 Å². The smallest absolute Gasteiger partial charge is 0.330 e. The van der Waals surface area contributed by atoms with Gasteiger partial charge >= 0.3 is 5.97 Å². The minimum absolute atomic E-state index is 0.355. The molecule has 92 valence electrons. The van der Waals surface area contributed by atoms with Crippen molar-refractivity contribution in [2.45, 2.75) is 0 Å². The fourth-order valence-corrected chi connectivity index (χ4v) is 1.34. The molecule has 0 amide bonds. The van der Waals surface area contributed by atoms with Crippen molar-refractivity contribution in [3.63, 3.8) is 0 Å². The van der Waals surface area contributed by atoms with Crippen molar-refractivity contribution in [2.24, 2.45) is 0 Å². The van der Waals surface area contributed by atoms with Gasteiger partial charge in [0.15, 0.2) is 0 Å². The fraction of sp³-hybridized carbons (Fsp3) is 0.308. The van der Waals surface area contributed by atoms with Gasteiger partial charge in [-0.2, -0.15) is 0 Å². The van der Waals surface area contributed by atoms with E-state index in [0.717, 1.165) is 5.56 Å². The third kappa shape index (κ3) is 5.52. The Morgan fingerprint density at radius 3 is 2.76 bits per heavy atom. The Labute approximate surface area is 107 Å². The Bertz CT molecular complexity index is 402. The number of nitrogens with zero attached hydrogens (tertiary/aromatic N) is 1. The number of carbonyl (C=O) groups is 1. The molecule has 0 N–H and O–H groups in total. The summed E-state index contributed by atoms with van der Waals surface area (Å²) in [5.74, 6) is -0.355. The molecular weight excluding hydrogens is 238 g/mol. The van der Waals surface area contributed by atoms with Gasteiger partial charge in [-0.15, -0.1) is 0 Å². The highest BCUT2D eigenvalue weighted by atomic mass is 35.5. The second-order valence-corrected chi connectivity index (χ2v) is 4.23. The summed E-state index contributed by atoms with van der Waals surface area (Å²) in [5, 5.41) is 0.616. The van der Waals surface area contributed by atoms with Crippen LogP contribution in [0.1, 0.15) is 5.56 Å². The molecule has 0 aliphatic heterocycles. The third-order valence-corrected chi connectivity index (χ3v) is 2.43. The lowest BCUT2D eigenvalue weighted by atomic mass is 10.2. The third-order valence-electron chi connectivity index (χ3n) is 2.09. The molecule has 0 spiro atoms. The molecule has 0 aliphatic rings. The van der Waals surface area contributed by atoms with Gasteiger partial charge in [-0.3, -0.25) is 0 Å². The molecule has 4 heteroatoms. The second kappa shape index (κ2) is 7.09. The molecule has 1 rings (SSSR count). The lowest BCUT2D eigenvalue weighted by Crippen LogP contribution is -2.19. The van der Waals surface area contributed by atoms with Crippen LogP contribution in [0.2, 0.25) is 5.02 Å². The van der Waals surface area contributed by atoms with Crippen LogP contribution in [0.4, 0.5) is 0 Å². The van der Waals surface area contributed by atoms with Gasteiger partial charge in [-0.05, 0) is 31.8 Å². The van der Waals surface area contributed by atoms with Crippen LogP contribution in [-0.4, -0.2) is 38.1 Å². The van der Waals surface area contributed by atoms with Gasteiger partial charge in [-0.1, -0.05) is 29.8 Å². The summed E-state index contributed by atoms with van der Waals surface area (Å²) in [4.78, 5) is 13.3. The lowest BCUT2D eigenvalue weighted by Gasteiger charge is -2.08. The molecule has 0 atom stereocenters. The van der Waals surface area contributed by atoms with Crippen LogP contribution in [0.3, 0.4) is 0 Å². The van der Waals surface area contributed by atoms with Gasteiger partial charge in [0.05, 0.1) is 0 Å². The zero-order valence-corrected chi connectivity index (χ0v) is 10.8. The summed E-state index contributed by atoms with van der Waals surface area (Å²) in [6.07, 6.45) is 3.04. The number of hydrogen-bond acceptors (Lipinski definition) is 3. The molecule has 1 aromatic rings.